The van der Waals surface area contributed by atoms with Crippen molar-refractivity contribution in [2.45, 2.75) is 84.7 Å². The highest BCUT2D eigenvalue weighted by molar-refractivity contribution is 5.67. The molecule has 0 unspecified atom stereocenters. The molecule has 3 heterocycles. The van der Waals surface area contributed by atoms with E-state index in [-0.39, 0.29) is 36.0 Å². The van der Waals surface area contributed by atoms with Gasteiger partial charge >= 0.3 is 23.5 Å². The number of aliphatic hydroxyl groups excluding tert-OH is 1. The molecule has 2 aromatic heterocycles. The molecule has 2 aromatic rings. The predicted octanol–water partition coefficient (Wildman–Crippen LogP) is 3.76. The predicted molar refractivity (Wildman–Crippen MR) is 147 cm³/mol. The Kier molecular flexibility index (Phi) is 7.45. The van der Waals surface area contributed by atoms with Gasteiger partial charge in [0.05, 0.1) is 6.10 Å². The van der Waals surface area contributed by atoms with E-state index in [2.05, 4.69) is 4.98 Å². The van der Waals surface area contributed by atoms with Crippen molar-refractivity contribution in [2.24, 2.45) is 22.7 Å². The Hall–Kier alpha value is -3.73. The lowest BCUT2D eigenvalue weighted by Crippen LogP contribution is -2.71. The number of carbonyl (C=O) groups excluding carboxylic acids is 3. The molecule has 0 spiro atoms. The highest BCUT2D eigenvalue weighted by atomic mass is 16.8. The molecule has 2 aliphatic carbocycles. The van der Waals surface area contributed by atoms with Gasteiger partial charge in [-0.1, -0.05) is 13.8 Å². The van der Waals surface area contributed by atoms with E-state index in [1.165, 1.54) is 20.8 Å². The van der Waals surface area contributed by atoms with Crippen LogP contribution < -0.4 is 10.4 Å². The molecular formula is C31H37NO10. The normalized spacial score (nSPS) is 35.0. The zero-order valence-electron chi connectivity index (χ0n) is 24.7. The second kappa shape index (κ2) is 10.5. The number of hydrogen-bond donors (Lipinski definition) is 1. The number of carbonyl (C=O) groups is 3. The number of rotatable bonds is 5. The molecule has 1 aliphatic heterocycles. The van der Waals surface area contributed by atoms with Crippen LogP contribution in [0.1, 0.15) is 72.5 Å². The van der Waals surface area contributed by atoms with Gasteiger partial charge in [0.1, 0.15) is 41.5 Å². The lowest BCUT2D eigenvalue weighted by atomic mass is 10.3. The zero-order chi connectivity index (χ0) is 30.6. The largest absolute Gasteiger partial charge is 0.482 e. The van der Waals surface area contributed by atoms with E-state index in [4.69, 9.17) is 23.4 Å². The van der Waals surface area contributed by atoms with Crippen molar-refractivity contribution < 1.29 is 42.9 Å². The number of esters is 3. The first-order valence-electron chi connectivity index (χ1n) is 14.1. The fourth-order valence-corrected chi connectivity index (χ4v) is 8.04. The second-order valence-electron chi connectivity index (χ2n) is 12.4. The molecule has 8 atom stereocenters. The molecule has 5 rings (SSSR count). The number of hydrogen-bond acceptors (Lipinski definition) is 11. The van der Waals surface area contributed by atoms with Crippen LogP contribution in [0.5, 0.6) is 5.75 Å². The van der Waals surface area contributed by atoms with Crippen LogP contribution in [-0.4, -0.2) is 52.4 Å². The Bertz CT molecular complexity index is 1460. The summed E-state index contributed by atoms with van der Waals surface area (Å²) in [4.78, 5) is 54.0. The third-order valence-electron chi connectivity index (χ3n) is 9.73. The van der Waals surface area contributed by atoms with Gasteiger partial charge in [-0.2, -0.15) is 0 Å². The van der Waals surface area contributed by atoms with Crippen LogP contribution in [0.25, 0.3) is 11.3 Å². The Morgan fingerprint density at radius 3 is 2.38 bits per heavy atom. The van der Waals surface area contributed by atoms with Crippen LogP contribution in [0.4, 0.5) is 0 Å². The maximum atomic E-state index is 13.4. The molecule has 226 valence electrons. The van der Waals surface area contributed by atoms with Gasteiger partial charge in [-0.15, -0.1) is 0 Å². The Morgan fingerprint density at radius 2 is 1.76 bits per heavy atom. The van der Waals surface area contributed by atoms with Crippen LogP contribution in [0, 0.1) is 22.7 Å². The standard InChI is InChI=1S/C31H37NO10/c1-16(33)38-15-30(5)22-13-24(40-18(3)35)31(6)27(29(22,4)10-9-23(30)39-17(2)34)26(36)25-21(42-31)12-20(41-28(25)37)19-8-7-11-32-14-19/h7-8,11-12,14,22-24,26-27,36H,9-10,13,15H2,1-6H3/t22-,23+,24+,26+,27-,29+,30+,31-/m1/s1/i1+1,2+1,3+1,4+1,5+1,6+1,9+1,10+1,12+1,13+1,15+1,16+1,17+1,18+1,21+1,22+1,23+1,24+1,25+1,26+1,27+1,28+1,29+1,30+1,31+1. The summed E-state index contributed by atoms with van der Waals surface area (Å²) < 4.78 is 29.5. The first kappa shape index (κ1) is 29.8. The van der Waals surface area contributed by atoms with Gasteiger partial charge in [0.15, 0.2) is 0 Å². The molecular weight excluding hydrogens is 571 g/mol. The fraction of sp³-hybridized carbons (Fsp3) is 0.581. The average Bonchev–Trinajstić information content (AvgIpc) is 2.90. The van der Waals surface area contributed by atoms with Gasteiger partial charge in [0.25, 0.3) is 0 Å². The van der Waals surface area contributed by atoms with Crippen LogP contribution in [0.15, 0.2) is 39.8 Å². The Labute approximate surface area is 243 Å². The van der Waals surface area contributed by atoms with E-state index < -0.39 is 64.2 Å². The molecule has 2 saturated carbocycles. The summed E-state index contributed by atoms with van der Waals surface area (Å²) in [7, 11) is 0. The highest BCUT2D eigenvalue weighted by Gasteiger charge is 2.70. The van der Waals surface area contributed by atoms with Gasteiger partial charge in [0, 0.05) is 56.1 Å². The summed E-state index contributed by atoms with van der Waals surface area (Å²) in [5.74, 6) is -2.25. The maximum absolute atomic E-state index is 13.4. The Morgan fingerprint density at radius 1 is 1.07 bits per heavy atom. The third kappa shape index (κ3) is 4.77. The van der Waals surface area contributed by atoms with Crippen LogP contribution in [-0.2, 0) is 28.6 Å². The van der Waals surface area contributed by atoms with Crippen LogP contribution >= 0.6 is 0 Å². The van der Waals surface area contributed by atoms with Crippen molar-refractivity contribution in [1.29, 1.82) is 0 Å². The minimum Gasteiger partial charge on any atom is -0.482 e. The number of fused-ring (bicyclic) bond motifs is 4. The zero-order valence-corrected chi connectivity index (χ0v) is 24.7. The monoisotopic (exact) mass is 608 g/mol. The molecule has 0 saturated heterocycles. The molecule has 0 radical (unpaired) electrons. The van der Waals surface area contributed by atoms with Crippen LogP contribution in [0.3, 0.4) is 0 Å². The quantitative estimate of drug-likeness (QED) is 0.300. The summed E-state index contributed by atoms with van der Waals surface area (Å²) >= 11 is 0. The number of ether oxygens (including phenoxy) is 4. The second-order valence-corrected chi connectivity index (χ2v) is 12.4. The third-order valence-corrected chi connectivity index (χ3v) is 9.73. The van der Waals surface area contributed by atoms with E-state index in [1.54, 1.807) is 37.5 Å². The van der Waals surface area contributed by atoms with E-state index in [9.17, 15) is 24.3 Å². The summed E-state index contributed by atoms with van der Waals surface area (Å²) in [5, 5.41) is 12.1. The minimum atomic E-state index is -1.34. The van der Waals surface area contributed by atoms with Crippen molar-refractivity contribution >= 4 is 17.9 Å². The molecule has 42 heavy (non-hydrogen) atoms. The lowest BCUT2D eigenvalue weighted by molar-refractivity contribution is -0.270. The highest BCUT2D eigenvalue weighted by Crippen LogP contribution is 2.67. The van der Waals surface area contributed by atoms with E-state index in [1.807, 2.05) is 13.8 Å². The maximum Gasteiger partial charge on any atom is 0.345 e. The minimum absolute atomic E-state index is 0.0163. The molecule has 11 heteroatoms. The average molecular weight is 608 g/mol. The van der Waals surface area contributed by atoms with E-state index in [0.717, 1.165) is 0 Å². The molecule has 0 bridgehead atoms. The number of nitrogens with zero attached hydrogens (tertiary/aromatic N) is 1. The molecule has 3 aliphatic rings. The van der Waals surface area contributed by atoms with Gasteiger partial charge < -0.3 is 28.5 Å². The summed E-state index contributed by atoms with van der Waals surface area (Å²) in [6.45, 7) is 9.56. The SMILES string of the molecule is [13CH3][13C](=O)O[13CH2][13C@@]1([13CH3])[13C@@H]2[13CH2][13C@H](O[13C]([13CH3])=O)[13C@@]3([13CH3])O[13c]4[13cH]c(-c5cccnc5)o[13c](=O)[13c]4[13C@H](O)[13C@@H]3[13C@@]2([13CH3])[13CH2][13CH2][13C@@H]1O[13C]([13CH3])=O. The number of pyridine rings is 1. The van der Waals surface area contributed by atoms with Gasteiger partial charge in [-0.3, -0.25) is 19.4 Å². The lowest BCUT2D eigenvalue weighted by Gasteiger charge is -2.66. The van der Waals surface area contributed by atoms with Crippen molar-refractivity contribution in [2.75, 3.05) is 6.61 Å². The number of aliphatic hydroxyl groups is 1. The molecule has 0 aromatic carbocycles. The molecule has 2 fully saturated rings. The summed E-state index contributed by atoms with van der Waals surface area (Å²) in [6.07, 6.45) is 1.53. The van der Waals surface area contributed by atoms with E-state index in [0.29, 0.717) is 18.4 Å². The molecule has 1 N–H and O–H groups in total. The van der Waals surface area contributed by atoms with Crippen LogP contribution in [0.2, 0.25) is 0 Å². The van der Waals surface area contributed by atoms with Gasteiger partial charge in [0.2, 0.25) is 0 Å². The number of aromatic nitrogens is 1. The van der Waals surface area contributed by atoms with Crippen molar-refractivity contribution in [3.8, 4) is 17.1 Å². The summed E-state index contributed by atoms with van der Waals surface area (Å²) in [6, 6.07) is 5.00. The van der Waals surface area contributed by atoms with Crippen molar-refractivity contribution in [1.82, 2.24) is 4.98 Å². The topological polar surface area (TPSA) is 151 Å². The smallest absolute Gasteiger partial charge is 0.345 e. The van der Waals surface area contributed by atoms with Crippen molar-refractivity contribution in [3.05, 3.63) is 46.6 Å². The summed E-state index contributed by atoms with van der Waals surface area (Å²) in [5.41, 5.74) is -3.09. The first-order chi connectivity index (χ1) is 19.7. The van der Waals surface area contributed by atoms with E-state index >= 15 is 0 Å². The molecule has 11 nitrogen and oxygen atoms in total. The van der Waals surface area contributed by atoms with Gasteiger partial charge in [-0.25, -0.2) is 4.79 Å². The molecule has 0 amide bonds. The first-order valence-corrected chi connectivity index (χ1v) is 14.1. The van der Waals surface area contributed by atoms with Crippen molar-refractivity contribution in [3.63, 3.8) is 0 Å². The van der Waals surface area contributed by atoms with Gasteiger partial charge in [-0.05, 0) is 49.7 Å². The fourth-order valence-electron chi connectivity index (χ4n) is 8.04. The Balaban J connectivity index is 1.66.